The number of hydrogen-bond donors (Lipinski definition) is 1. The normalized spacial score (nSPS) is 19.9. The van der Waals surface area contributed by atoms with Crippen LogP contribution in [0.5, 0.6) is 0 Å². The zero-order valence-electron chi connectivity index (χ0n) is 15.0. The number of thioether (sulfide) groups is 1. The predicted molar refractivity (Wildman–Crippen MR) is 118 cm³/mol. The van der Waals surface area contributed by atoms with Crippen LogP contribution in [0.25, 0.3) is 6.08 Å². The minimum atomic E-state index is -0.0983. The predicted octanol–water partition coefficient (Wildman–Crippen LogP) is 5.25. The van der Waals surface area contributed by atoms with E-state index in [1.165, 1.54) is 35.9 Å². The fraction of sp³-hybridized carbons (Fsp3) is 0.238. The van der Waals surface area contributed by atoms with Gasteiger partial charge in [-0.15, -0.1) is 0 Å². The molecule has 1 amide bonds. The third-order valence-electron chi connectivity index (χ3n) is 4.72. The summed E-state index contributed by atoms with van der Waals surface area (Å²) in [6.07, 6.45) is 4.48. The number of benzene rings is 2. The molecular formula is C21H20BrN3OS. The lowest BCUT2D eigenvalue weighted by atomic mass is 10.1. The number of anilines is 1. The monoisotopic (exact) mass is 441 g/mol. The van der Waals surface area contributed by atoms with Crippen LogP contribution in [0.4, 0.5) is 11.4 Å². The molecule has 0 bridgehead atoms. The molecule has 0 aromatic heterocycles. The van der Waals surface area contributed by atoms with E-state index < -0.39 is 0 Å². The van der Waals surface area contributed by atoms with Crippen molar-refractivity contribution in [3.63, 3.8) is 0 Å². The Hall–Kier alpha value is -2.05. The molecule has 27 heavy (non-hydrogen) atoms. The summed E-state index contributed by atoms with van der Waals surface area (Å²) in [5, 5.41) is 3.46. The number of carbonyl (C=O) groups excluding carboxylic acids is 1. The van der Waals surface area contributed by atoms with E-state index in [0.29, 0.717) is 10.1 Å². The summed E-state index contributed by atoms with van der Waals surface area (Å²) >= 11 is 4.79. The summed E-state index contributed by atoms with van der Waals surface area (Å²) in [4.78, 5) is 19.9. The second-order valence-electron chi connectivity index (χ2n) is 6.69. The Morgan fingerprint density at radius 3 is 2.59 bits per heavy atom. The highest BCUT2D eigenvalue weighted by Crippen LogP contribution is 2.30. The largest absolute Gasteiger partial charge is 0.372 e. The second kappa shape index (κ2) is 7.90. The third kappa shape index (κ3) is 4.28. The van der Waals surface area contributed by atoms with E-state index in [-0.39, 0.29) is 5.91 Å². The van der Waals surface area contributed by atoms with Gasteiger partial charge in [-0.2, -0.15) is 0 Å². The SMILES string of the molecule is Cc1cc(N2CCCC2)ccc1/C=C1\SC(=Nc2ccc(Br)cc2)NC1=O. The molecule has 2 heterocycles. The number of nitrogens with one attached hydrogen (secondary N) is 1. The van der Waals surface area contributed by atoms with Gasteiger partial charge >= 0.3 is 0 Å². The minimum Gasteiger partial charge on any atom is -0.372 e. The number of rotatable bonds is 3. The van der Waals surface area contributed by atoms with Gasteiger partial charge in [0.05, 0.1) is 10.6 Å². The quantitative estimate of drug-likeness (QED) is 0.661. The van der Waals surface area contributed by atoms with Gasteiger partial charge in [-0.05, 0) is 85.1 Å². The Morgan fingerprint density at radius 1 is 1.15 bits per heavy atom. The molecule has 2 aliphatic heterocycles. The molecule has 0 atom stereocenters. The molecule has 0 aliphatic carbocycles. The number of amides is 1. The van der Waals surface area contributed by atoms with Crippen LogP contribution in [0.1, 0.15) is 24.0 Å². The maximum atomic E-state index is 12.3. The van der Waals surface area contributed by atoms with Gasteiger partial charge in [0.15, 0.2) is 5.17 Å². The molecule has 4 rings (SSSR count). The fourth-order valence-electron chi connectivity index (χ4n) is 3.25. The van der Waals surface area contributed by atoms with E-state index in [1.807, 2.05) is 30.3 Å². The van der Waals surface area contributed by atoms with Crippen molar-refractivity contribution < 1.29 is 4.79 Å². The average molecular weight is 442 g/mol. The van der Waals surface area contributed by atoms with Crippen LogP contribution in [-0.4, -0.2) is 24.2 Å². The van der Waals surface area contributed by atoms with Crippen molar-refractivity contribution in [1.82, 2.24) is 5.32 Å². The Morgan fingerprint density at radius 2 is 1.89 bits per heavy atom. The van der Waals surface area contributed by atoms with Crippen molar-refractivity contribution in [3.8, 4) is 0 Å². The summed E-state index contributed by atoms with van der Waals surface area (Å²) in [6.45, 7) is 4.36. The lowest BCUT2D eigenvalue weighted by Crippen LogP contribution is -2.19. The van der Waals surface area contributed by atoms with E-state index >= 15 is 0 Å². The molecule has 4 nitrogen and oxygen atoms in total. The summed E-state index contributed by atoms with van der Waals surface area (Å²) in [5.41, 5.74) is 4.33. The number of amidine groups is 1. The molecule has 2 aromatic carbocycles. The topological polar surface area (TPSA) is 44.7 Å². The van der Waals surface area contributed by atoms with Gasteiger partial charge in [-0.25, -0.2) is 4.99 Å². The molecule has 0 radical (unpaired) electrons. The first-order valence-corrected chi connectivity index (χ1v) is 10.6. The highest BCUT2D eigenvalue weighted by Gasteiger charge is 2.24. The first-order chi connectivity index (χ1) is 13.1. The lowest BCUT2D eigenvalue weighted by molar-refractivity contribution is -0.115. The van der Waals surface area contributed by atoms with Crippen molar-refractivity contribution >= 4 is 56.2 Å². The Balaban J connectivity index is 1.53. The zero-order valence-corrected chi connectivity index (χ0v) is 17.4. The fourth-order valence-corrected chi connectivity index (χ4v) is 4.35. The van der Waals surface area contributed by atoms with Crippen molar-refractivity contribution in [2.24, 2.45) is 4.99 Å². The number of nitrogens with zero attached hydrogens (tertiary/aromatic N) is 2. The molecule has 2 saturated heterocycles. The van der Waals surface area contributed by atoms with Gasteiger partial charge < -0.3 is 10.2 Å². The van der Waals surface area contributed by atoms with Crippen molar-refractivity contribution in [2.45, 2.75) is 19.8 Å². The van der Waals surface area contributed by atoms with Crippen LogP contribution in [0.15, 0.2) is 56.8 Å². The first-order valence-electron chi connectivity index (χ1n) is 8.99. The number of aliphatic imine (C=N–C) groups is 1. The van der Waals surface area contributed by atoms with E-state index in [2.05, 4.69) is 56.3 Å². The number of hydrogen-bond acceptors (Lipinski definition) is 4. The van der Waals surface area contributed by atoms with Gasteiger partial charge in [0.25, 0.3) is 5.91 Å². The molecule has 2 aliphatic rings. The molecule has 138 valence electrons. The van der Waals surface area contributed by atoms with E-state index in [0.717, 1.165) is 28.8 Å². The number of carbonyl (C=O) groups is 1. The Kier molecular flexibility index (Phi) is 5.36. The van der Waals surface area contributed by atoms with E-state index in [1.54, 1.807) is 0 Å². The maximum absolute atomic E-state index is 12.3. The molecule has 2 fully saturated rings. The van der Waals surface area contributed by atoms with Crippen LogP contribution >= 0.6 is 27.7 Å². The molecule has 0 saturated carbocycles. The lowest BCUT2D eigenvalue weighted by Gasteiger charge is -2.18. The molecular weight excluding hydrogens is 422 g/mol. The highest BCUT2D eigenvalue weighted by atomic mass is 79.9. The van der Waals surface area contributed by atoms with Crippen molar-refractivity contribution in [3.05, 3.63) is 63.0 Å². The van der Waals surface area contributed by atoms with Gasteiger partial charge in [0.1, 0.15) is 0 Å². The van der Waals surface area contributed by atoms with Gasteiger partial charge in [-0.1, -0.05) is 22.0 Å². The van der Waals surface area contributed by atoms with Crippen LogP contribution in [-0.2, 0) is 4.79 Å². The standard InChI is InChI=1S/C21H20BrN3OS/c1-14-12-18(25-10-2-3-11-25)9-4-15(14)13-19-20(26)24-21(27-19)23-17-7-5-16(22)6-8-17/h4-9,12-13H,2-3,10-11H2,1H3,(H,23,24,26)/b19-13-. The number of aryl methyl sites for hydroxylation is 1. The van der Waals surface area contributed by atoms with Gasteiger partial charge in [-0.3, -0.25) is 4.79 Å². The zero-order chi connectivity index (χ0) is 18.8. The minimum absolute atomic E-state index is 0.0983. The average Bonchev–Trinajstić information content (AvgIpc) is 3.29. The first kappa shape index (κ1) is 18.3. The van der Waals surface area contributed by atoms with Crippen molar-refractivity contribution in [2.75, 3.05) is 18.0 Å². The van der Waals surface area contributed by atoms with Crippen molar-refractivity contribution in [1.29, 1.82) is 0 Å². The highest BCUT2D eigenvalue weighted by molar-refractivity contribution is 9.10. The van der Waals surface area contributed by atoms with Crippen LogP contribution < -0.4 is 10.2 Å². The smallest absolute Gasteiger partial charge is 0.264 e. The van der Waals surface area contributed by atoms with Crippen LogP contribution in [0, 0.1) is 6.92 Å². The van der Waals surface area contributed by atoms with Crippen LogP contribution in [0.2, 0.25) is 0 Å². The third-order valence-corrected chi connectivity index (χ3v) is 6.16. The molecule has 1 N–H and O–H groups in total. The maximum Gasteiger partial charge on any atom is 0.264 e. The Bertz CT molecular complexity index is 931. The summed E-state index contributed by atoms with van der Waals surface area (Å²) < 4.78 is 1.00. The summed E-state index contributed by atoms with van der Waals surface area (Å²) in [5.74, 6) is -0.0983. The van der Waals surface area contributed by atoms with Gasteiger partial charge in [0, 0.05) is 23.2 Å². The summed E-state index contributed by atoms with van der Waals surface area (Å²) in [6, 6.07) is 14.2. The van der Waals surface area contributed by atoms with E-state index in [4.69, 9.17) is 0 Å². The Labute approximate surface area is 171 Å². The molecule has 0 spiro atoms. The number of halogens is 1. The molecule has 2 aromatic rings. The molecule has 6 heteroatoms. The van der Waals surface area contributed by atoms with Crippen LogP contribution in [0.3, 0.4) is 0 Å². The molecule has 0 unspecified atom stereocenters. The van der Waals surface area contributed by atoms with Gasteiger partial charge in [0.2, 0.25) is 0 Å². The van der Waals surface area contributed by atoms with E-state index in [9.17, 15) is 4.79 Å². The second-order valence-corrected chi connectivity index (χ2v) is 8.64. The summed E-state index contributed by atoms with van der Waals surface area (Å²) in [7, 11) is 0.